The van der Waals surface area contributed by atoms with E-state index in [0.717, 1.165) is 55.6 Å². The van der Waals surface area contributed by atoms with Crippen LogP contribution in [0.4, 0.5) is 5.82 Å². The first-order valence-corrected chi connectivity index (χ1v) is 13.9. The van der Waals surface area contributed by atoms with E-state index in [0.29, 0.717) is 24.6 Å². The number of aryl methyl sites for hydroxylation is 1. The van der Waals surface area contributed by atoms with Crippen molar-refractivity contribution >= 4 is 11.7 Å². The summed E-state index contributed by atoms with van der Waals surface area (Å²) in [5.74, 6) is 2.34. The molecule has 204 valence electrons. The van der Waals surface area contributed by atoms with Gasteiger partial charge in [-0.05, 0) is 73.2 Å². The molecule has 2 aromatic carbocycles. The van der Waals surface area contributed by atoms with Gasteiger partial charge in [-0.15, -0.1) is 0 Å². The number of methoxy groups -OCH3 is 2. The number of nitrogens with one attached hydrogen (secondary N) is 1. The molecule has 6 heteroatoms. The van der Waals surface area contributed by atoms with Crippen molar-refractivity contribution in [3.05, 3.63) is 83.6 Å². The third kappa shape index (κ3) is 9.40. The van der Waals surface area contributed by atoms with Gasteiger partial charge in [0.2, 0.25) is 0 Å². The Labute approximate surface area is 228 Å². The quantitative estimate of drug-likeness (QED) is 0.193. The molecule has 0 saturated heterocycles. The van der Waals surface area contributed by atoms with E-state index in [1.807, 2.05) is 53.4 Å². The molecule has 3 rings (SSSR count). The molecule has 0 radical (unpaired) electrons. The highest BCUT2D eigenvalue weighted by atomic mass is 16.5. The Morgan fingerprint density at radius 3 is 2.32 bits per heavy atom. The Bertz CT molecular complexity index is 1090. The van der Waals surface area contributed by atoms with Crippen molar-refractivity contribution in [3.8, 4) is 11.5 Å². The third-order valence-corrected chi connectivity index (χ3v) is 6.70. The Kier molecular flexibility index (Phi) is 12.5. The van der Waals surface area contributed by atoms with E-state index >= 15 is 0 Å². The molecule has 0 unspecified atom stereocenters. The van der Waals surface area contributed by atoms with Crippen LogP contribution in [-0.4, -0.2) is 43.1 Å². The zero-order valence-electron chi connectivity index (χ0n) is 23.2. The maximum atomic E-state index is 13.6. The fraction of sp³-hybridized carbons (Fsp3) is 0.438. The zero-order chi connectivity index (χ0) is 27.0. The van der Waals surface area contributed by atoms with E-state index < -0.39 is 0 Å². The lowest BCUT2D eigenvalue weighted by Gasteiger charge is -2.24. The number of anilines is 1. The minimum absolute atomic E-state index is 0.0664. The summed E-state index contributed by atoms with van der Waals surface area (Å²) in [7, 11) is 3.26. The average molecular weight is 518 g/mol. The Morgan fingerprint density at radius 1 is 0.842 bits per heavy atom. The molecule has 0 aliphatic rings. The molecule has 0 bridgehead atoms. The summed E-state index contributed by atoms with van der Waals surface area (Å²) in [6.07, 6.45) is 10.7. The fourth-order valence-electron chi connectivity index (χ4n) is 4.49. The Morgan fingerprint density at radius 2 is 1.61 bits per heavy atom. The second-order valence-corrected chi connectivity index (χ2v) is 9.63. The zero-order valence-corrected chi connectivity index (χ0v) is 23.2. The summed E-state index contributed by atoms with van der Waals surface area (Å²) in [4.78, 5) is 19.8. The van der Waals surface area contributed by atoms with Crippen molar-refractivity contribution in [2.45, 2.75) is 64.8 Å². The van der Waals surface area contributed by atoms with Gasteiger partial charge >= 0.3 is 0 Å². The molecule has 0 saturated carbocycles. The van der Waals surface area contributed by atoms with E-state index in [1.54, 1.807) is 20.4 Å². The average Bonchev–Trinajstić information content (AvgIpc) is 2.96. The van der Waals surface area contributed by atoms with Crippen LogP contribution in [-0.2, 0) is 13.0 Å². The van der Waals surface area contributed by atoms with E-state index in [9.17, 15) is 4.79 Å². The van der Waals surface area contributed by atoms with Gasteiger partial charge in [-0.2, -0.15) is 0 Å². The van der Waals surface area contributed by atoms with E-state index in [-0.39, 0.29) is 5.91 Å². The van der Waals surface area contributed by atoms with Gasteiger partial charge in [0.25, 0.3) is 5.91 Å². The summed E-state index contributed by atoms with van der Waals surface area (Å²) >= 11 is 0. The van der Waals surface area contributed by atoms with Crippen molar-refractivity contribution in [2.24, 2.45) is 0 Å². The summed E-state index contributed by atoms with van der Waals surface area (Å²) in [5.41, 5.74) is 3.05. The molecule has 1 heterocycles. The predicted molar refractivity (Wildman–Crippen MR) is 155 cm³/mol. The molecular weight excluding hydrogens is 474 g/mol. The minimum Gasteiger partial charge on any atom is -0.493 e. The van der Waals surface area contributed by atoms with Crippen molar-refractivity contribution in [2.75, 3.05) is 32.6 Å². The van der Waals surface area contributed by atoms with Crippen LogP contribution in [0.1, 0.15) is 73.4 Å². The van der Waals surface area contributed by atoms with Crippen molar-refractivity contribution in [1.29, 1.82) is 0 Å². The van der Waals surface area contributed by atoms with Gasteiger partial charge in [0, 0.05) is 31.4 Å². The number of carbonyl (C=O) groups is 1. The van der Waals surface area contributed by atoms with Gasteiger partial charge in [0.15, 0.2) is 11.5 Å². The van der Waals surface area contributed by atoms with Gasteiger partial charge in [0.1, 0.15) is 5.82 Å². The van der Waals surface area contributed by atoms with E-state index in [2.05, 4.69) is 29.4 Å². The van der Waals surface area contributed by atoms with Crippen molar-refractivity contribution < 1.29 is 14.3 Å². The van der Waals surface area contributed by atoms with Crippen LogP contribution in [0, 0.1) is 0 Å². The number of pyridine rings is 1. The molecule has 3 aromatic rings. The van der Waals surface area contributed by atoms with Crippen LogP contribution in [0.3, 0.4) is 0 Å². The number of ether oxygens (including phenoxy) is 2. The lowest BCUT2D eigenvalue weighted by Crippen LogP contribution is -2.31. The topological polar surface area (TPSA) is 63.7 Å². The largest absolute Gasteiger partial charge is 0.493 e. The van der Waals surface area contributed by atoms with Crippen LogP contribution in [0.5, 0.6) is 11.5 Å². The molecule has 0 aliphatic carbocycles. The van der Waals surface area contributed by atoms with Gasteiger partial charge < -0.3 is 19.7 Å². The van der Waals surface area contributed by atoms with E-state index in [1.165, 1.54) is 24.8 Å². The van der Waals surface area contributed by atoms with Crippen LogP contribution >= 0.6 is 0 Å². The number of carbonyl (C=O) groups excluding carboxylic acids is 1. The molecule has 38 heavy (non-hydrogen) atoms. The molecular formula is C32H43N3O3. The van der Waals surface area contributed by atoms with Crippen LogP contribution in [0.2, 0.25) is 0 Å². The molecule has 0 aliphatic heterocycles. The van der Waals surface area contributed by atoms with Crippen LogP contribution < -0.4 is 14.8 Å². The van der Waals surface area contributed by atoms with Crippen molar-refractivity contribution in [1.82, 2.24) is 9.88 Å². The highest BCUT2D eigenvalue weighted by Gasteiger charge is 2.17. The highest BCUT2D eigenvalue weighted by molar-refractivity contribution is 5.94. The second kappa shape index (κ2) is 16.3. The molecule has 0 spiro atoms. The molecule has 6 nitrogen and oxygen atoms in total. The monoisotopic (exact) mass is 517 g/mol. The van der Waals surface area contributed by atoms with Gasteiger partial charge in [-0.25, -0.2) is 4.98 Å². The lowest BCUT2D eigenvalue weighted by atomic mass is 10.0. The smallest absolute Gasteiger partial charge is 0.254 e. The third-order valence-electron chi connectivity index (χ3n) is 6.70. The maximum absolute atomic E-state index is 13.6. The first kappa shape index (κ1) is 29.0. The molecule has 1 amide bonds. The molecule has 1 N–H and O–H groups in total. The second-order valence-electron chi connectivity index (χ2n) is 9.63. The van der Waals surface area contributed by atoms with Gasteiger partial charge in [-0.3, -0.25) is 4.79 Å². The molecule has 0 atom stereocenters. The first-order valence-electron chi connectivity index (χ1n) is 13.9. The number of aromatic nitrogens is 1. The summed E-state index contributed by atoms with van der Waals surface area (Å²) in [6.45, 7) is 4.35. The van der Waals surface area contributed by atoms with Crippen LogP contribution in [0.15, 0.2) is 66.9 Å². The van der Waals surface area contributed by atoms with Crippen LogP contribution in [0.25, 0.3) is 0 Å². The number of nitrogens with zero attached hydrogens (tertiary/aromatic N) is 2. The SMILES string of the molecule is CCCCCc1ccc(C(=O)N(CCCCCCNc2ccccn2)Cc2ccc(OC)c(OC)c2)cc1. The summed E-state index contributed by atoms with van der Waals surface area (Å²) in [5, 5.41) is 3.36. The summed E-state index contributed by atoms with van der Waals surface area (Å²) < 4.78 is 10.9. The number of unbranched alkanes of at least 4 members (excludes halogenated alkanes) is 5. The fourth-order valence-corrected chi connectivity index (χ4v) is 4.49. The maximum Gasteiger partial charge on any atom is 0.254 e. The highest BCUT2D eigenvalue weighted by Crippen LogP contribution is 2.28. The predicted octanol–water partition coefficient (Wildman–Crippen LogP) is 7.15. The molecule has 0 fully saturated rings. The number of amides is 1. The number of hydrogen-bond acceptors (Lipinski definition) is 5. The standard InChI is InChI=1S/C32H43N3O3/c1-4-5-8-13-26-15-18-28(19-16-26)32(36)35(25-27-17-20-29(37-2)30(24-27)38-3)23-12-7-6-10-21-33-31-14-9-11-22-34-31/h9,11,14-20,22,24H,4-8,10,12-13,21,23,25H2,1-3H3,(H,33,34). The van der Waals surface area contributed by atoms with Gasteiger partial charge in [0.05, 0.1) is 14.2 Å². The number of hydrogen-bond donors (Lipinski definition) is 1. The summed E-state index contributed by atoms with van der Waals surface area (Å²) in [6, 6.07) is 19.9. The Hall–Kier alpha value is -3.54. The number of benzene rings is 2. The van der Waals surface area contributed by atoms with E-state index in [4.69, 9.17) is 9.47 Å². The van der Waals surface area contributed by atoms with Crippen molar-refractivity contribution in [3.63, 3.8) is 0 Å². The molecule has 1 aromatic heterocycles. The lowest BCUT2D eigenvalue weighted by molar-refractivity contribution is 0.0739. The van der Waals surface area contributed by atoms with Gasteiger partial charge in [-0.1, -0.05) is 56.9 Å². The first-order chi connectivity index (χ1) is 18.6. The number of rotatable bonds is 17. The Balaban J connectivity index is 1.58. The minimum atomic E-state index is 0.0664. The normalized spacial score (nSPS) is 10.7.